The maximum absolute atomic E-state index is 14.0. The van der Waals surface area contributed by atoms with Gasteiger partial charge >= 0.3 is 5.97 Å². The summed E-state index contributed by atoms with van der Waals surface area (Å²) in [6.07, 6.45) is 4.89. The van der Waals surface area contributed by atoms with E-state index in [1.54, 1.807) is 12.3 Å². The number of ketones is 1. The molecule has 0 saturated heterocycles. The number of halogens is 1. The number of Topliss-reactive ketones (excluding diaryl/α,β-unsaturated/α-hetero) is 1. The molecule has 0 radical (unpaired) electrons. The zero-order chi connectivity index (χ0) is 13.9. The molecule has 1 aliphatic heterocycles. The molecule has 2 atom stereocenters. The van der Waals surface area contributed by atoms with Crippen LogP contribution in [0.2, 0.25) is 0 Å². The zero-order valence-electron chi connectivity index (χ0n) is 10.8. The molecular weight excluding hydrogens is 257 g/mol. The third-order valence-corrected chi connectivity index (χ3v) is 3.77. The Morgan fingerprint density at radius 3 is 2.61 bits per heavy atom. The molecule has 0 saturated carbocycles. The SMILES string of the molecule is COC(=O)C(SC)C1C=CN(C)C(F)=C1C(C)=O. The summed E-state index contributed by atoms with van der Waals surface area (Å²) >= 11 is 1.24. The first-order valence-electron chi connectivity index (χ1n) is 5.36. The van der Waals surface area contributed by atoms with Gasteiger partial charge in [-0.05, 0) is 13.2 Å². The van der Waals surface area contributed by atoms with Gasteiger partial charge in [-0.2, -0.15) is 4.39 Å². The average Bonchev–Trinajstić information content (AvgIpc) is 2.33. The number of rotatable bonds is 4. The number of nitrogens with zero attached hydrogens (tertiary/aromatic N) is 1. The molecule has 6 heteroatoms. The summed E-state index contributed by atoms with van der Waals surface area (Å²) in [6.45, 7) is 1.30. The summed E-state index contributed by atoms with van der Waals surface area (Å²) < 4.78 is 18.7. The summed E-state index contributed by atoms with van der Waals surface area (Å²) in [5.74, 6) is -2.05. The van der Waals surface area contributed by atoms with Gasteiger partial charge < -0.3 is 9.64 Å². The van der Waals surface area contributed by atoms with Crippen LogP contribution in [0, 0.1) is 5.92 Å². The summed E-state index contributed by atoms with van der Waals surface area (Å²) in [7, 11) is 2.79. The minimum Gasteiger partial charge on any atom is -0.468 e. The van der Waals surface area contributed by atoms with Crippen molar-refractivity contribution in [2.75, 3.05) is 20.4 Å². The van der Waals surface area contributed by atoms with Gasteiger partial charge in [0.15, 0.2) is 5.78 Å². The van der Waals surface area contributed by atoms with Crippen LogP contribution >= 0.6 is 11.8 Å². The van der Waals surface area contributed by atoms with Crippen LogP contribution in [0.5, 0.6) is 0 Å². The van der Waals surface area contributed by atoms with E-state index in [4.69, 9.17) is 0 Å². The van der Waals surface area contributed by atoms with E-state index in [9.17, 15) is 14.0 Å². The molecule has 2 unspecified atom stereocenters. The van der Waals surface area contributed by atoms with E-state index < -0.39 is 23.1 Å². The normalized spacial score (nSPS) is 20.9. The van der Waals surface area contributed by atoms with E-state index in [0.717, 1.165) is 0 Å². The van der Waals surface area contributed by atoms with Crippen LogP contribution in [0.4, 0.5) is 4.39 Å². The lowest BCUT2D eigenvalue weighted by atomic mass is 9.91. The monoisotopic (exact) mass is 273 g/mol. The highest BCUT2D eigenvalue weighted by atomic mass is 32.2. The van der Waals surface area contributed by atoms with Gasteiger partial charge in [-0.3, -0.25) is 9.59 Å². The Labute approximate surface area is 110 Å². The molecule has 1 aliphatic rings. The molecule has 1 heterocycles. The van der Waals surface area contributed by atoms with Crippen LogP contribution in [0.3, 0.4) is 0 Å². The second-order valence-corrected chi connectivity index (χ2v) is 4.90. The highest BCUT2D eigenvalue weighted by Crippen LogP contribution is 2.33. The van der Waals surface area contributed by atoms with Crippen molar-refractivity contribution >= 4 is 23.5 Å². The Kier molecular flexibility index (Phi) is 4.95. The molecule has 0 bridgehead atoms. The van der Waals surface area contributed by atoms with Crippen molar-refractivity contribution in [2.24, 2.45) is 5.92 Å². The van der Waals surface area contributed by atoms with E-state index in [2.05, 4.69) is 4.74 Å². The fourth-order valence-corrected chi connectivity index (χ4v) is 2.66. The van der Waals surface area contributed by atoms with Crippen LogP contribution in [-0.4, -0.2) is 42.3 Å². The molecule has 100 valence electrons. The number of thioether (sulfide) groups is 1. The first-order chi connectivity index (χ1) is 8.43. The van der Waals surface area contributed by atoms with Gasteiger partial charge in [-0.25, -0.2) is 0 Å². The molecule has 0 amide bonds. The maximum Gasteiger partial charge on any atom is 0.319 e. The lowest BCUT2D eigenvalue weighted by molar-refractivity contribution is -0.140. The molecule has 0 N–H and O–H groups in total. The van der Waals surface area contributed by atoms with Crippen molar-refractivity contribution in [3.8, 4) is 0 Å². The van der Waals surface area contributed by atoms with Crippen molar-refractivity contribution in [3.63, 3.8) is 0 Å². The maximum atomic E-state index is 14.0. The first kappa shape index (κ1) is 14.8. The predicted octanol–water partition coefficient (Wildman–Crippen LogP) is 1.74. The van der Waals surface area contributed by atoms with E-state index >= 15 is 0 Å². The fraction of sp³-hybridized carbons (Fsp3) is 0.500. The fourth-order valence-electron chi connectivity index (χ4n) is 1.85. The number of allylic oxidation sites excluding steroid dienone is 2. The topological polar surface area (TPSA) is 46.6 Å². The van der Waals surface area contributed by atoms with Crippen LogP contribution in [0.15, 0.2) is 23.8 Å². The van der Waals surface area contributed by atoms with Gasteiger partial charge in [0.05, 0.1) is 12.7 Å². The van der Waals surface area contributed by atoms with Crippen molar-refractivity contribution in [1.82, 2.24) is 4.90 Å². The molecule has 0 aromatic rings. The third kappa shape index (κ3) is 2.75. The Morgan fingerprint density at radius 2 is 2.17 bits per heavy atom. The number of esters is 1. The summed E-state index contributed by atoms with van der Waals surface area (Å²) in [5.41, 5.74) is 0.0183. The molecular formula is C12H16FNO3S. The minimum absolute atomic E-state index is 0.0183. The third-order valence-electron chi connectivity index (χ3n) is 2.78. The lowest BCUT2D eigenvalue weighted by Gasteiger charge is -2.28. The van der Waals surface area contributed by atoms with Gasteiger partial charge in [0, 0.05) is 19.2 Å². The molecule has 0 spiro atoms. The van der Waals surface area contributed by atoms with E-state index in [-0.39, 0.29) is 11.4 Å². The van der Waals surface area contributed by atoms with Gasteiger partial charge in [0.1, 0.15) is 5.25 Å². The molecule has 4 nitrogen and oxygen atoms in total. The lowest BCUT2D eigenvalue weighted by Crippen LogP contribution is -2.33. The second-order valence-electron chi connectivity index (χ2n) is 3.92. The first-order valence-corrected chi connectivity index (χ1v) is 6.65. The standard InChI is InChI=1S/C12H16FNO3S/c1-7(15)9-8(5-6-14(2)11(9)13)10(18-4)12(16)17-3/h5-6,8,10H,1-4H3. The van der Waals surface area contributed by atoms with Crippen LogP contribution in [-0.2, 0) is 14.3 Å². The second kappa shape index (κ2) is 6.04. The number of carbonyl (C=O) groups excluding carboxylic acids is 2. The molecule has 0 fully saturated rings. The van der Waals surface area contributed by atoms with Crippen molar-refractivity contribution in [2.45, 2.75) is 12.2 Å². The van der Waals surface area contributed by atoms with Gasteiger partial charge in [0.2, 0.25) is 5.95 Å². The Morgan fingerprint density at radius 1 is 1.56 bits per heavy atom. The quantitative estimate of drug-likeness (QED) is 0.577. The summed E-state index contributed by atoms with van der Waals surface area (Å²) in [6, 6.07) is 0. The van der Waals surface area contributed by atoms with Crippen molar-refractivity contribution < 1.29 is 18.7 Å². The number of hydrogen-bond donors (Lipinski definition) is 0. The number of carbonyl (C=O) groups is 2. The molecule has 0 aliphatic carbocycles. The summed E-state index contributed by atoms with van der Waals surface area (Å²) in [5, 5.41) is -0.621. The minimum atomic E-state index is -0.621. The van der Waals surface area contributed by atoms with Gasteiger partial charge in [-0.15, -0.1) is 11.8 Å². The number of ether oxygens (including phenoxy) is 1. The Bertz CT molecular complexity index is 420. The van der Waals surface area contributed by atoms with Crippen LogP contribution in [0.1, 0.15) is 6.92 Å². The Hall–Kier alpha value is -1.30. The average molecular weight is 273 g/mol. The van der Waals surface area contributed by atoms with Gasteiger partial charge in [0.25, 0.3) is 0 Å². The highest BCUT2D eigenvalue weighted by Gasteiger charge is 2.36. The van der Waals surface area contributed by atoms with Crippen molar-refractivity contribution in [3.05, 3.63) is 23.8 Å². The van der Waals surface area contributed by atoms with Crippen LogP contribution < -0.4 is 0 Å². The largest absolute Gasteiger partial charge is 0.468 e. The van der Waals surface area contributed by atoms with Gasteiger partial charge in [-0.1, -0.05) is 6.08 Å². The Balaban J connectivity index is 3.17. The molecule has 0 aromatic heterocycles. The number of methoxy groups -OCH3 is 1. The highest BCUT2D eigenvalue weighted by molar-refractivity contribution is 7.99. The molecule has 0 aromatic carbocycles. The molecule has 18 heavy (non-hydrogen) atoms. The van der Waals surface area contributed by atoms with Crippen molar-refractivity contribution in [1.29, 1.82) is 0 Å². The van der Waals surface area contributed by atoms with Crippen LogP contribution in [0.25, 0.3) is 0 Å². The molecule has 1 rings (SSSR count). The summed E-state index contributed by atoms with van der Waals surface area (Å²) in [4.78, 5) is 24.5. The number of hydrogen-bond acceptors (Lipinski definition) is 5. The van der Waals surface area contributed by atoms with E-state index in [1.165, 1.54) is 43.9 Å². The van der Waals surface area contributed by atoms with E-state index in [0.29, 0.717) is 0 Å². The van der Waals surface area contributed by atoms with E-state index in [1.807, 2.05) is 0 Å². The predicted molar refractivity (Wildman–Crippen MR) is 68.5 cm³/mol. The smallest absolute Gasteiger partial charge is 0.319 e. The zero-order valence-corrected chi connectivity index (χ0v) is 11.6.